The van der Waals surface area contributed by atoms with Crippen LogP contribution in [-0.2, 0) is 9.59 Å². The summed E-state index contributed by atoms with van der Waals surface area (Å²) in [6.45, 7) is 4.46. The van der Waals surface area contributed by atoms with E-state index in [0.717, 1.165) is 31.6 Å². The first-order valence-corrected chi connectivity index (χ1v) is 7.63. The number of carbonyl (C=O) groups is 2. The van der Waals surface area contributed by atoms with Crippen LogP contribution in [0.2, 0.25) is 0 Å². The van der Waals surface area contributed by atoms with Crippen LogP contribution in [-0.4, -0.2) is 34.8 Å². The molecule has 4 nitrogen and oxygen atoms in total. The summed E-state index contributed by atoms with van der Waals surface area (Å²) in [5.74, 6) is 1.30. The molecule has 0 aromatic carbocycles. The Balaban J connectivity index is 1.76. The SMILES string of the molecule is CC1CCC(N2CC(=O)NC(C)(C3CC3)C2=O)CC1. The molecule has 3 aliphatic rings. The Morgan fingerprint density at radius 3 is 2.32 bits per heavy atom. The van der Waals surface area contributed by atoms with Crippen molar-refractivity contribution in [3.8, 4) is 0 Å². The first kappa shape index (κ1) is 12.9. The van der Waals surface area contributed by atoms with Crippen LogP contribution in [0.15, 0.2) is 0 Å². The molecule has 0 aromatic heterocycles. The van der Waals surface area contributed by atoms with Crippen molar-refractivity contribution in [2.24, 2.45) is 11.8 Å². The van der Waals surface area contributed by atoms with Crippen LogP contribution in [0.5, 0.6) is 0 Å². The summed E-state index contributed by atoms with van der Waals surface area (Å²) < 4.78 is 0. The van der Waals surface area contributed by atoms with Crippen molar-refractivity contribution in [3.63, 3.8) is 0 Å². The molecular formula is C15H24N2O2. The molecule has 1 unspecified atom stereocenters. The minimum atomic E-state index is -0.627. The third-order valence-electron chi connectivity index (χ3n) is 5.24. The van der Waals surface area contributed by atoms with Crippen molar-refractivity contribution in [1.29, 1.82) is 0 Å². The van der Waals surface area contributed by atoms with Gasteiger partial charge in [0.25, 0.3) is 0 Å². The van der Waals surface area contributed by atoms with E-state index in [1.165, 1.54) is 12.8 Å². The monoisotopic (exact) mass is 264 g/mol. The fourth-order valence-electron chi connectivity index (χ4n) is 3.69. The van der Waals surface area contributed by atoms with Crippen molar-refractivity contribution in [1.82, 2.24) is 10.2 Å². The van der Waals surface area contributed by atoms with E-state index in [0.29, 0.717) is 5.92 Å². The standard InChI is InChI=1S/C15H24N2O2/c1-10-3-7-12(8-4-10)17-9-13(18)16-15(2,14(17)19)11-5-6-11/h10-12H,3-9H2,1-2H3,(H,16,18). The molecule has 4 heteroatoms. The molecule has 2 amide bonds. The third kappa shape index (κ3) is 2.26. The fourth-order valence-corrected chi connectivity index (χ4v) is 3.69. The lowest BCUT2D eigenvalue weighted by Gasteiger charge is -2.45. The van der Waals surface area contributed by atoms with E-state index >= 15 is 0 Å². The van der Waals surface area contributed by atoms with Crippen LogP contribution >= 0.6 is 0 Å². The topological polar surface area (TPSA) is 49.4 Å². The zero-order valence-electron chi connectivity index (χ0n) is 11.9. The van der Waals surface area contributed by atoms with Gasteiger partial charge < -0.3 is 10.2 Å². The van der Waals surface area contributed by atoms with Gasteiger partial charge in [0.15, 0.2) is 0 Å². The predicted molar refractivity (Wildman–Crippen MR) is 72.4 cm³/mol. The maximum atomic E-state index is 12.8. The van der Waals surface area contributed by atoms with Gasteiger partial charge in [-0.05, 0) is 57.3 Å². The summed E-state index contributed by atoms with van der Waals surface area (Å²) in [5.41, 5.74) is -0.627. The van der Waals surface area contributed by atoms with Gasteiger partial charge in [0.2, 0.25) is 11.8 Å². The Labute approximate surface area is 114 Å². The maximum absolute atomic E-state index is 12.8. The zero-order valence-corrected chi connectivity index (χ0v) is 11.9. The zero-order chi connectivity index (χ0) is 13.6. The average molecular weight is 264 g/mol. The van der Waals surface area contributed by atoms with Crippen molar-refractivity contribution in [2.75, 3.05) is 6.54 Å². The Kier molecular flexibility index (Phi) is 3.06. The Hall–Kier alpha value is -1.06. The Bertz CT molecular complexity index is 397. The molecule has 3 rings (SSSR count). The van der Waals surface area contributed by atoms with E-state index in [-0.39, 0.29) is 24.4 Å². The number of carbonyl (C=O) groups excluding carboxylic acids is 2. The van der Waals surface area contributed by atoms with Gasteiger partial charge in [0.05, 0.1) is 6.54 Å². The molecule has 1 saturated heterocycles. The van der Waals surface area contributed by atoms with E-state index in [4.69, 9.17) is 0 Å². The third-order valence-corrected chi connectivity index (χ3v) is 5.24. The van der Waals surface area contributed by atoms with Gasteiger partial charge in [-0.15, -0.1) is 0 Å². The molecule has 0 spiro atoms. The number of nitrogens with one attached hydrogen (secondary N) is 1. The molecule has 0 radical (unpaired) electrons. The molecular weight excluding hydrogens is 240 g/mol. The second kappa shape index (κ2) is 4.50. The lowest BCUT2D eigenvalue weighted by molar-refractivity contribution is -0.153. The van der Waals surface area contributed by atoms with E-state index < -0.39 is 5.54 Å². The van der Waals surface area contributed by atoms with Crippen LogP contribution in [0.3, 0.4) is 0 Å². The molecule has 1 aliphatic heterocycles. The van der Waals surface area contributed by atoms with Crippen molar-refractivity contribution in [3.05, 3.63) is 0 Å². The lowest BCUT2D eigenvalue weighted by Crippen LogP contribution is -2.68. The first-order chi connectivity index (χ1) is 9.00. The summed E-state index contributed by atoms with van der Waals surface area (Å²) in [7, 11) is 0. The molecule has 2 aliphatic carbocycles. The minimum Gasteiger partial charge on any atom is -0.340 e. The van der Waals surface area contributed by atoms with Gasteiger partial charge in [-0.3, -0.25) is 9.59 Å². The van der Waals surface area contributed by atoms with Crippen LogP contribution in [0.25, 0.3) is 0 Å². The van der Waals surface area contributed by atoms with Gasteiger partial charge in [-0.1, -0.05) is 6.92 Å². The van der Waals surface area contributed by atoms with Crippen molar-refractivity contribution in [2.45, 2.75) is 64.0 Å². The lowest BCUT2D eigenvalue weighted by atomic mass is 9.84. The summed E-state index contributed by atoms with van der Waals surface area (Å²) >= 11 is 0. The normalized spacial score (nSPS) is 40.2. The smallest absolute Gasteiger partial charge is 0.249 e. The summed E-state index contributed by atoms with van der Waals surface area (Å²) in [6, 6.07) is 0.285. The number of rotatable bonds is 2. The van der Waals surface area contributed by atoms with Gasteiger partial charge in [0, 0.05) is 6.04 Å². The highest BCUT2D eigenvalue weighted by Crippen LogP contribution is 2.42. The molecule has 1 atom stereocenters. The highest BCUT2D eigenvalue weighted by molar-refractivity contribution is 5.98. The summed E-state index contributed by atoms with van der Waals surface area (Å²) in [4.78, 5) is 26.6. The van der Waals surface area contributed by atoms with Gasteiger partial charge in [0.1, 0.15) is 5.54 Å². The van der Waals surface area contributed by atoms with Crippen LogP contribution in [0.4, 0.5) is 0 Å². The highest BCUT2D eigenvalue weighted by atomic mass is 16.2. The fraction of sp³-hybridized carbons (Fsp3) is 0.867. The second-order valence-corrected chi connectivity index (χ2v) is 6.87. The summed E-state index contributed by atoms with van der Waals surface area (Å²) in [6.07, 6.45) is 6.60. The molecule has 1 heterocycles. The van der Waals surface area contributed by atoms with E-state index in [1.54, 1.807) is 0 Å². The van der Waals surface area contributed by atoms with Gasteiger partial charge in [-0.2, -0.15) is 0 Å². The van der Waals surface area contributed by atoms with Crippen molar-refractivity contribution < 1.29 is 9.59 Å². The molecule has 2 saturated carbocycles. The number of amides is 2. The molecule has 1 N–H and O–H groups in total. The Morgan fingerprint density at radius 1 is 1.11 bits per heavy atom. The Morgan fingerprint density at radius 2 is 1.74 bits per heavy atom. The molecule has 3 fully saturated rings. The quantitative estimate of drug-likeness (QED) is 0.825. The maximum Gasteiger partial charge on any atom is 0.249 e. The van der Waals surface area contributed by atoms with Crippen molar-refractivity contribution >= 4 is 11.8 Å². The van der Waals surface area contributed by atoms with Crippen LogP contribution < -0.4 is 5.32 Å². The molecule has 0 bridgehead atoms. The van der Waals surface area contributed by atoms with Crippen LogP contribution in [0.1, 0.15) is 52.4 Å². The number of hydrogen-bond acceptors (Lipinski definition) is 2. The van der Waals surface area contributed by atoms with Gasteiger partial charge >= 0.3 is 0 Å². The summed E-state index contributed by atoms with van der Waals surface area (Å²) in [5, 5.41) is 2.95. The largest absolute Gasteiger partial charge is 0.340 e. The minimum absolute atomic E-state index is 0.0209. The number of piperazine rings is 1. The number of nitrogens with zero attached hydrogens (tertiary/aromatic N) is 1. The second-order valence-electron chi connectivity index (χ2n) is 6.87. The number of hydrogen-bond donors (Lipinski definition) is 1. The average Bonchev–Trinajstić information content (AvgIpc) is 3.19. The van der Waals surface area contributed by atoms with Gasteiger partial charge in [-0.25, -0.2) is 0 Å². The van der Waals surface area contributed by atoms with Crippen LogP contribution in [0, 0.1) is 11.8 Å². The first-order valence-electron chi connectivity index (χ1n) is 7.63. The highest BCUT2D eigenvalue weighted by Gasteiger charge is 2.53. The molecule has 0 aromatic rings. The molecule has 106 valence electrons. The van der Waals surface area contributed by atoms with E-state index in [9.17, 15) is 9.59 Å². The molecule has 19 heavy (non-hydrogen) atoms. The van der Waals surface area contributed by atoms with E-state index in [1.807, 2.05) is 11.8 Å². The predicted octanol–water partition coefficient (Wildman–Crippen LogP) is 1.69. The van der Waals surface area contributed by atoms with E-state index in [2.05, 4.69) is 12.2 Å².